The minimum Gasteiger partial charge on any atom is -0.481 e. The molecule has 1 amide bonds. The van der Waals surface area contributed by atoms with Gasteiger partial charge < -0.3 is 10.0 Å². The average molecular weight is 309 g/mol. The van der Waals surface area contributed by atoms with Gasteiger partial charge in [-0.05, 0) is 32.9 Å². The number of hydrogen-bond acceptors (Lipinski definition) is 5. The molecule has 6 nitrogen and oxygen atoms in total. The SMILES string of the molecule is CSc1nc(C)nc(C)c1C(=O)N1CCC(C(=O)O)CC1. The van der Waals surface area contributed by atoms with Crippen molar-refractivity contribution in [3.05, 3.63) is 17.1 Å². The summed E-state index contributed by atoms with van der Waals surface area (Å²) in [7, 11) is 0. The second kappa shape index (κ2) is 6.43. The average Bonchev–Trinajstić information content (AvgIpc) is 2.45. The van der Waals surface area contributed by atoms with Gasteiger partial charge in [0, 0.05) is 13.1 Å². The fourth-order valence-electron chi connectivity index (χ4n) is 2.56. The summed E-state index contributed by atoms with van der Waals surface area (Å²) in [6.45, 7) is 4.55. The van der Waals surface area contributed by atoms with Crippen molar-refractivity contribution in [3.8, 4) is 0 Å². The van der Waals surface area contributed by atoms with E-state index in [-0.39, 0.29) is 11.8 Å². The molecule has 114 valence electrons. The van der Waals surface area contributed by atoms with Crippen molar-refractivity contribution in [3.63, 3.8) is 0 Å². The van der Waals surface area contributed by atoms with Gasteiger partial charge in [0.1, 0.15) is 10.9 Å². The van der Waals surface area contributed by atoms with E-state index in [2.05, 4.69) is 9.97 Å². The number of likely N-dealkylation sites (tertiary alicyclic amines) is 1. The molecule has 2 heterocycles. The fourth-order valence-corrected chi connectivity index (χ4v) is 3.23. The Morgan fingerprint density at radius 2 is 1.86 bits per heavy atom. The molecule has 0 radical (unpaired) electrons. The number of carboxylic acids is 1. The van der Waals surface area contributed by atoms with Crippen molar-refractivity contribution in [1.29, 1.82) is 0 Å². The van der Waals surface area contributed by atoms with Gasteiger partial charge in [-0.1, -0.05) is 0 Å². The van der Waals surface area contributed by atoms with Crippen molar-refractivity contribution in [2.24, 2.45) is 5.92 Å². The Morgan fingerprint density at radius 1 is 1.24 bits per heavy atom. The second-order valence-corrected chi connectivity index (χ2v) is 5.94. The first-order chi connectivity index (χ1) is 9.93. The molecule has 1 aromatic heterocycles. The predicted molar refractivity (Wildman–Crippen MR) is 79.6 cm³/mol. The van der Waals surface area contributed by atoms with Gasteiger partial charge in [0.2, 0.25) is 0 Å². The zero-order valence-corrected chi connectivity index (χ0v) is 13.2. The van der Waals surface area contributed by atoms with E-state index >= 15 is 0 Å². The summed E-state index contributed by atoms with van der Waals surface area (Å²) in [5, 5.41) is 9.70. The lowest BCUT2D eigenvalue weighted by Crippen LogP contribution is -2.40. The van der Waals surface area contributed by atoms with Crippen LogP contribution in [0.1, 0.15) is 34.7 Å². The lowest BCUT2D eigenvalue weighted by atomic mass is 9.96. The lowest BCUT2D eigenvalue weighted by molar-refractivity contribution is -0.143. The maximum absolute atomic E-state index is 12.7. The number of aromatic nitrogens is 2. The third kappa shape index (κ3) is 3.34. The molecule has 1 saturated heterocycles. The van der Waals surface area contributed by atoms with E-state index in [1.807, 2.05) is 13.2 Å². The molecule has 1 aliphatic heterocycles. The maximum Gasteiger partial charge on any atom is 0.306 e. The van der Waals surface area contributed by atoms with Gasteiger partial charge in [0.05, 0.1) is 17.2 Å². The minimum absolute atomic E-state index is 0.0966. The number of aryl methyl sites for hydroxylation is 2. The Labute approximate surface area is 128 Å². The number of piperidine rings is 1. The van der Waals surface area contributed by atoms with Gasteiger partial charge in [-0.2, -0.15) is 0 Å². The molecule has 0 spiro atoms. The molecular weight excluding hydrogens is 290 g/mol. The molecule has 1 aliphatic rings. The lowest BCUT2D eigenvalue weighted by Gasteiger charge is -2.30. The smallest absolute Gasteiger partial charge is 0.306 e. The van der Waals surface area contributed by atoms with Crippen LogP contribution in [0.3, 0.4) is 0 Å². The number of aliphatic carboxylic acids is 1. The summed E-state index contributed by atoms with van der Waals surface area (Å²) in [4.78, 5) is 33.9. The number of carbonyl (C=O) groups excluding carboxylic acids is 1. The summed E-state index contributed by atoms with van der Waals surface area (Å²) < 4.78 is 0. The molecule has 0 saturated carbocycles. The highest BCUT2D eigenvalue weighted by Crippen LogP contribution is 2.25. The fraction of sp³-hybridized carbons (Fsp3) is 0.571. The standard InChI is InChI=1S/C14H19N3O3S/c1-8-11(12(21-3)16-9(2)15-8)13(18)17-6-4-10(5-7-17)14(19)20/h10H,4-7H2,1-3H3,(H,19,20). The van der Waals surface area contributed by atoms with E-state index in [0.717, 1.165) is 0 Å². The molecule has 0 aromatic carbocycles. The summed E-state index contributed by atoms with van der Waals surface area (Å²) in [5.74, 6) is -0.565. The third-order valence-corrected chi connectivity index (χ3v) is 4.39. The highest BCUT2D eigenvalue weighted by molar-refractivity contribution is 7.98. The van der Waals surface area contributed by atoms with Gasteiger partial charge >= 0.3 is 5.97 Å². The van der Waals surface area contributed by atoms with Gasteiger partial charge in [-0.15, -0.1) is 11.8 Å². The normalized spacial score (nSPS) is 16.0. The van der Waals surface area contributed by atoms with Crippen molar-refractivity contribution >= 4 is 23.6 Å². The van der Waals surface area contributed by atoms with Crippen molar-refractivity contribution in [2.45, 2.75) is 31.7 Å². The van der Waals surface area contributed by atoms with Crippen molar-refractivity contribution < 1.29 is 14.7 Å². The Morgan fingerprint density at radius 3 is 2.38 bits per heavy atom. The number of hydrogen-bond donors (Lipinski definition) is 1. The van der Waals surface area contributed by atoms with E-state index < -0.39 is 5.97 Å². The molecule has 1 N–H and O–H groups in total. The van der Waals surface area contributed by atoms with Crippen LogP contribution >= 0.6 is 11.8 Å². The third-order valence-electron chi connectivity index (χ3n) is 3.71. The van der Waals surface area contributed by atoms with Gasteiger partial charge in [0.15, 0.2) is 0 Å². The molecule has 7 heteroatoms. The predicted octanol–water partition coefficient (Wildman–Crippen LogP) is 1.75. The Hall–Kier alpha value is -1.63. The molecule has 1 aromatic rings. The van der Waals surface area contributed by atoms with E-state index in [1.54, 1.807) is 11.8 Å². The monoisotopic (exact) mass is 309 g/mol. The first-order valence-electron chi connectivity index (χ1n) is 6.85. The largest absolute Gasteiger partial charge is 0.481 e. The van der Waals surface area contributed by atoms with Crippen LogP contribution in [-0.4, -0.2) is 51.2 Å². The number of carbonyl (C=O) groups is 2. The topological polar surface area (TPSA) is 83.4 Å². The van der Waals surface area contributed by atoms with E-state index in [4.69, 9.17) is 5.11 Å². The number of carboxylic acid groups (broad SMARTS) is 1. The Balaban J connectivity index is 2.20. The van der Waals surface area contributed by atoms with Crippen molar-refractivity contribution in [2.75, 3.05) is 19.3 Å². The van der Waals surface area contributed by atoms with E-state index in [9.17, 15) is 9.59 Å². The van der Waals surface area contributed by atoms with Gasteiger partial charge in [-0.25, -0.2) is 9.97 Å². The number of nitrogens with zero attached hydrogens (tertiary/aromatic N) is 3. The van der Waals surface area contributed by atoms with Gasteiger partial charge in [0.25, 0.3) is 5.91 Å². The van der Waals surface area contributed by atoms with Crippen LogP contribution in [0.2, 0.25) is 0 Å². The quantitative estimate of drug-likeness (QED) is 0.676. The molecule has 1 fully saturated rings. The minimum atomic E-state index is -0.776. The van der Waals surface area contributed by atoms with Crippen LogP contribution in [0.5, 0.6) is 0 Å². The first-order valence-corrected chi connectivity index (χ1v) is 8.07. The Bertz CT molecular complexity index is 569. The number of thioether (sulfide) groups is 1. The van der Waals surface area contributed by atoms with Crippen molar-refractivity contribution in [1.82, 2.24) is 14.9 Å². The summed E-state index contributed by atoms with van der Waals surface area (Å²) in [6, 6.07) is 0. The van der Waals surface area contributed by atoms with Gasteiger partial charge in [-0.3, -0.25) is 9.59 Å². The van der Waals surface area contributed by atoms with Crippen LogP contribution < -0.4 is 0 Å². The van der Waals surface area contributed by atoms with Crippen LogP contribution in [0, 0.1) is 19.8 Å². The summed E-state index contributed by atoms with van der Waals surface area (Å²) in [5.41, 5.74) is 1.22. The molecule has 21 heavy (non-hydrogen) atoms. The first kappa shape index (κ1) is 15.8. The summed E-state index contributed by atoms with van der Waals surface area (Å²) in [6.07, 6.45) is 2.89. The molecule has 0 unspecified atom stereocenters. The highest BCUT2D eigenvalue weighted by atomic mass is 32.2. The summed E-state index contributed by atoms with van der Waals surface area (Å²) >= 11 is 1.43. The molecule has 0 aliphatic carbocycles. The molecular formula is C14H19N3O3S. The maximum atomic E-state index is 12.7. The van der Waals surface area contributed by atoms with Crippen LogP contribution in [0.15, 0.2) is 5.03 Å². The van der Waals surface area contributed by atoms with Crippen LogP contribution in [0.4, 0.5) is 0 Å². The van der Waals surface area contributed by atoms with E-state index in [1.165, 1.54) is 11.8 Å². The zero-order chi connectivity index (χ0) is 15.6. The molecule has 2 rings (SSSR count). The van der Waals surface area contributed by atoms with E-state index in [0.29, 0.717) is 48.0 Å². The number of rotatable bonds is 3. The molecule has 0 bridgehead atoms. The second-order valence-electron chi connectivity index (χ2n) is 5.15. The zero-order valence-electron chi connectivity index (χ0n) is 12.4. The van der Waals surface area contributed by atoms with Crippen LogP contribution in [0.25, 0.3) is 0 Å². The highest BCUT2D eigenvalue weighted by Gasteiger charge is 2.29. The molecule has 0 atom stereocenters. The number of amides is 1. The Kier molecular flexibility index (Phi) is 4.82. The van der Waals surface area contributed by atoms with Crippen LogP contribution in [-0.2, 0) is 4.79 Å².